The molecule has 0 saturated heterocycles. The van der Waals surface area contributed by atoms with Gasteiger partial charge in [-0.15, -0.1) is 0 Å². The average molecular weight is 552 g/mol. The third kappa shape index (κ3) is 12.3. The lowest BCUT2D eigenvalue weighted by Gasteiger charge is -2.26. The number of rotatable bonds is 14. The van der Waals surface area contributed by atoms with Gasteiger partial charge in [-0.1, -0.05) is 13.8 Å². The molecule has 11 nitrogen and oxygen atoms in total. The Morgan fingerprint density at radius 3 is 2.21 bits per heavy atom. The van der Waals surface area contributed by atoms with Gasteiger partial charge in [-0.2, -0.15) is 0 Å². The van der Waals surface area contributed by atoms with Crippen LogP contribution in [0.4, 0.5) is 4.79 Å². The minimum Gasteiger partial charge on any atom is -0.497 e. The minimum atomic E-state index is -1.07. The number of carbonyl (C=O) groups is 4. The van der Waals surface area contributed by atoms with E-state index in [-0.39, 0.29) is 37.8 Å². The fourth-order valence-corrected chi connectivity index (χ4v) is 3.70. The van der Waals surface area contributed by atoms with E-state index in [2.05, 4.69) is 10.6 Å². The summed E-state index contributed by atoms with van der Waals surface area (Å²) >= 11 is 0. The van der Waals surface area contributed by atoms with Gasteiger partial charge in [0.15, 0.2) is 0 Å². The fraction of sp³-hybridized carbons (Fsp3) is 0.643. The van der Waals surface area contributed by atoms with Crippen LogP contribution < -0.4 is 20.1 Å². The number of methoxy groups -OCH3 is 2. The summed E-state index contributed by atoms with van der Waals surface area (Å²) < 4.78 is 21.0. The molecule has 0 aliphatic heterocycles. The van der Waals surface area contributed by atoms with E-state index in [0.717, 1.165) is 5.56 Å². The SMILES string of the molecule is CCOC(=O)[C@H](CCC(=O)N(C)Cc1ccc(OC)cc1OC)NC(=O)[C@H](CC(C)C)NC(=O)OC(C)(C)C. The first kappa shape index (κ1) is 33.5. The summed E-state index contributed by atoms with van der Waals surface area (Å²) in [5.41, 5.74) is 0.0488. The first-order chi connectivity index (χ1) is 18.2. The van der Waals surface area contributed by atoms with Gasteiger partial charge >= 0.3 is 12.1 Å². The summed E-state index contributed by atoms with van der Waals surface area (Å²) in [5, 5.41) is 5.25. The molecular weight excluding hydrogens is 506 g/mol. The number of ether oxygens (including phenoxy) is 4. The van der Waals surface area contributed by atoms with Gasteiger partial charge in [0.1, 0.15) is 29.2 Å². The zero-order chi connectivity index (χ0) is 29.8. The molecular formula is C28H45N3O8. The van der Waals surface area contributed by atoms with Crippen LogP contribution >= 0.6 is 0 Å². The molecule has 0 bridgehead atoms. The number of esters is 1. The lowest BCUT2D eigenvalue weighted by Crippen LogP contribution is -2.53. The first-order valence-corrected chi connectivity index (χ1v) is 13.1. The van der Waals surface area contributed by atoms with Crippen molar-refractivity contribution in [3.8, 4) is 11.5 Å². The third-order valence-electron chi connectivity index (χ3n) is 5.58. The van der Waals surface area contributed by atoms with Gasteiger partial charge in [-0.05, 0) is 58.6 Å². The summed E-state index contributed by atoms with van der Waals surface area (Å²) in [5.74, 6) is -0.159. The minimum absolute atomic E-state index is 0.0208. The predicted octanol–water partition coefficient (Wildman–Crippen LogP) is 3.43. The molecule has 0 heterocycles. The summed E-state index contributed by atoms with van der Waals surface area (Å²) in [6.45, 7) is 11.0. The Morgan fingerprint density at radius 2 is 1.67 bits per heavy atom. The van der Waals surface area contributed by atoms with Crippen molar-refractivity contribution in [3.63, 3.8) is 0 Å². The molecule has 0 aliphatic rings. The van der Waals surface area contributed by atoms with E-state index in [4.69, 9.17) is 18.9 Å². The van der Waals surface area contributed by atoms with Gasteiger partial charge in [0.25, 0.3) is 0 Å². The van der Waals surface area contributed by atoms with Crippen LogP contribution in [0.25, 0.3) is 0 Å². The smallest absolute Gasteiger partial charge is 0.408 e. The number of carbonyl (C=O) groups excluding carboxylic acids is 4. The Hall–Kier alpha value is -3.50. The van der Waals surface area contributed by atoms with E-state index in [1.807, 2.05) is 19.9 Å². The summed E-state index contributed by atoms with van der Waals surface area (Å²) in [6.07, 6.45) is -0.408. The molecule has 220 valence electrons. The van der Waals surface area contributed by atoms with Crippen LogP contribution in [-0.2, 0) is 30.4 Å². The molecule has 0 unspecified atom stereocenters. The molecule has 39 heavy (non-hydrogen) atoms. The largest absolute Gasteiger partial charge is 0.497 e. The van der Waals surface area contributed by atoms with Crippen LogP contribution in [0.15, 0.2) is 18.2 Å². The molecule has 11 heteroatoms. The van der Waals surface area contributed by atoms with E-state index < -0.39 is 35.7 Å². The standard InChI is InChI=1S/C28H45N3O8/c1-10-38-26(34)21(29-25(33)22(15-18(2)3)30-27(35)39-28(4,5)6)13-14-24(32)31(7)17-19-11-12-20(36-8)16-23(19)37-9/h11-12,16,18,21-22H,10,13-15,17H2,1-9H3,(H,29,33)(H,30,35)/t21-,22-/m0/s1. The van der Waals surface area contributed by atoms with Crippen molar-refractivity contribution in [3.05, 3.63) is 23.8 Å². The Labute approximate surface area is 231 Å². The lowest BCUT2D eigenvalue weighted by molar-refractivity contribution is -0.148. The van der Waals surface area contributed by atoms with Gasteiger partial charge in [-0.3, -0.25) is 9.59 Å². The van der Waals surface area contributed by atoms with E-state index in [0.29, 0.717) is 17.9 Å². The number of amides is 3. The number of nitrogens with zero attached hydrogens (tertiary/aromatic N) is 1. The molecule has 0 radical (unpaired) electrons. The number of hydrogen-bond donors (Lipinski definition) is 2. The number of alkyl carbamates (subject to hydrolysis) is 1. The number of nitrogens with one attached hydrogen (secondary N) is 2. The monoisotopic (exact) mass is 551 g/mol. The average Bonchev–Trinajstić information content (AvgIpc) is 2.84. The van der Waals surface area contributed by atoms with Crippen molar-refractivity contribution in [2.24, 2.45) is 5.92 Å². The molecule has 0 aliphatic carbocycles. The molecule has 0 spiro atoms. The molecule has 3 amide bonds. The van der Waals surface area contributed by atoms with Crippen LogP contribution in [-0.4, -0.2) is 74.3 Å². The van der Waals surface area contributed by atoms with E-state index >= 15 is 0 Å². The van der Waals surface area contributed by atoms with Crippen LogP contribution in [0.1, 0.15) is 66.4 Å². The highest BCUT2D eigenvalue weighted by atomic mass is 16.6. The molecule has 0 aromatic heterocycles. The summed E-state index contributed by atoms with van der Waals surface area (Å²) in [7, 11) is 4.74. The van der Waals surface area contributed by atoms with Crippen molar-refractivity contribution in [2.75, 3.05) is 27.9 Å². The third-order valence-corrected chi connectivity index (χ3v) is 5.58. The second kappa shape index (κ2) is 15.8. The van der Waals surface area contributed by atoms with Crippen LogP contribution in [0, 0.1) is 5.92 Å². The molecule has 1 aromatic carbocycles. The van der Waals surface area contributed by atoms with Gasteiger partial charge < -0.3 is 34.5 Å². The molecule has 2 N–H and O–H groups in total. The van der Waals surface area contributed by atoms with Crippen molar-refractivity contribution >= 4 is 23.9 Å². The highest BCUT2D eigenvalue weighted by Gasteiger charge is 2.30. The van der Waals surface area contributed by atoms with Crippen LogP contribution in [0.5, 0.6) is 11.5 Å². The van der Waals surface area contributed by atoms with Crippen molar-refractivity contribution in [1.82, 2.24) is 15.5 Å². The molecule has 1 aromatic rings. The highest BCUT2D eigenvalue weighted by Crippen LogP contribution is 2.25. The summed E-state index contributed by atoms with van der Waals surface area (Å²) in [6, 6.07) is 3.33. The molecule has 1 rings (SSSR count). The molecule has 2 atom stereocenters. The van der Waals surface area contributed by atoms with Crippen molar-refractivity contribution < 1.29 is 38.1 Å². The van der Waals surface area contributed by atoms with Crippen LogP contribution in [0.2, 0.25) is 0 Å². The Bertz CT molecular complexity index is 974. The van der Waals surface area contributed by atoms with Gasteiger partial charge in [0.05, 0.1) is 20.8 Å². The second-order valence-corrected chi connectivity index (χ2v) is 10.6. The predicted molar refractivity (Wildman–Crippen MR) is 146 cm³/mol. The number of hydrogen-bond acceptors (Lipinski definition) is 8. The van der Waals surface area contributed by atoms with Crippen LogP contribution in [0.3, 0.4) is 0 Å². The molecule has 0 saturated carbocycles. The van der Waals surface area contributed by atoms with E-state index in [9.17, 15) is 19.2 Å². The zero-order valence-corrected chi connectivity index (χ0v) is 24.7. The van der Waals surface area contributed by atoms with E-state index in [1.165, 1.54) is 12.0 Å². The highest BCUT2D eigenvalue weighted by molar-refractivity contribution is 5.90. The quantitative estimate of drug-likeness (QED) is 0.336. The second-order valence-electron chi connectivity index (χ2n) is 10.6. The first-order valence-electron chi connectivity index (χ1n) is 13.1. The lowest BCUT2D eigenvalue weighted by atomic mass is 10.0. The fourth-order valence-electron chi connectivity index (χ4n) is 3.70. The van der Waals surface area contributed by atoms with Crippen molar-refractivity contribution in [1.29, 1.82) is 0 Å². The Kier molecular flexibility index (Phi) is 13.6. The maximum atomic E-state index is 13.1. The summed E-state index contributed by atoms with van der Waals surface area (Å²) in [4.78, 5) is 52.5. The van der Waals surface area contributed by atoms with Gasteiger partial charge in [-0.25, -0.2) is 9.59 Å². The Balaban J connectivity index is 2.92. The normalized spacial score (nSPS) is 12.7. The number of benzene rings is 1. The zero-order valence-electron chi connectivity index (χ0n) is 24.7. The topological polar surface area (TPSA) is 132 Å². The van der Waals surface area contributed by atoms with Gasteiger partial charge in [0.2, 0.25) is 11.8 Å². The Morgan fingerprint density at radius 1 is 1.00 bits per heavy atom. The van der Waals surface area contributed by atoms with Crippen molar-refractivity contribution in [2.45, 2.75) is 85.0 Å². The maximum Gasteiger partial charge on any atom is 0.408 e. The maximum absolute atomic E-state index is 13.1. The van der Waals surface area contributed by atoms with E-state index in [1.54, 1.807) is 54.0 Å². The molecule has 0 fully saturated rings. The van der Waals surface area contributed by atoms with Gasteiger partial charge in [0, 0.05) is 31.6 Å².